The highest BCUT2D eigenvalue weighted by atomic mass is 32.1. The van der Waals surface area contributed by atoms with Gasteiger partial charge in [0.1, 0.15) is 0 Å². The summed E-state index contributed by atoms with van der Waals surface area (Å²) in [7, 11) is 0. The van der Waals surface area contributed by atoms with Gasteiger partial charge < -0.3 is 5.73 Å². The first-order valence-corrected chi connectivity index (χ1v) is 5.01. The summed E-state index contributed by atoms with van der Waals surface area (Å²) in [5.74, 6) is 0.216. The second-order valence-corrected chi connectivity index (χ2v) is 3.82. The quantitative estimate of drug-likeness (QED) is 0.840. The van der Waals surface area contributed by atoms with Gasteiger partial charge in [0.25, 0.3) is 0 Å². The van der Waals surface area contributed by atoms with E-state index in [0.29, 0.717) is 5.56 Å². The number of aromatic nitrogens is 2. The lowest BCUT2D eigenvalue weighted by Crippen LogP contribution is -2.04. The molecule has 0 aliphatic carbocycles. The molecule has 1 heterocycles. The molecule has 0 fully saturated rings. The Hall–Kier alpha value is -1.63. The molecule has 7 heteroatoms. The summed E-state index contributed by atoms with van der Waals surface area (Å²) in [6, 6.07) is 4.83. The van der Waals surface area contributed by atoms with E-state index in [1.165, 1.54) is 12.1 Å². The molecule has 1 aromatic carbocycles. The third kappa shape index (κ3) is 2.13. The monoisotopic (exact) mass is 245 g/mol. The molecule has 1 aromatic heterocycles. The standard InChI is InChI=1S/C9H6F3N3S/c10-9(11,12)6-3-1-2-5(4-6)7-14-8(13)16-15-7/h1-4H,(H2,13,14,15). The number of nitrogens with zero attached hydrogens (tertiary/aromatic N) is 2. The van der Waals surface area contributed by atoms with E-state index in [-0.39, 0.29) is 11.0 Å². The van der Waals surface area contributed by atoms with E-state index in [1.807, 2.05) is 0 Å². The van der Waals surface area contributed by atoms with Gasteiger partial charge in [-0.2, -0.15) is 22.5 Å². The minimum Gasteiger partial charge on any atom is -0.374 e. The Labute approximate surface area is 92.9 Å². The predicted octanol–water partition coefficient (Wildman–Crippen LogP) is 2.81. The molecule has 16 heavy (non-hydrogen) atoms. The van der Waals surface area contributed by atoms with E-state index in [2.05, 4.69) is 9.36 Å². The lowest BCUT2D eigenvalue weighted by Gasteiger charge is -2.06. The van der Waals surface area contributed by atoms with Crippen molar-refractivity contribution in [1.29, 1.82) is 0 Å². The van der Waals surface area contributed by atoms with Crippen LogP contribution in [0.3, 0.4) is 0 Å². The Bertz CT molecular complexity index is 507. The highest BCUT2D eigenvalue weighted by molar-refractivity contribution is 7.09. The van der Waals surface area contributed by atoms with Gasteiger partial charge in [-0.05, 0) is 12.1 Å². The SMILES string of the molecule is Nc1nc(-c2cccc(C(F)(F)F)c2)ns1. The molecule has 0 aliphatic rings. The number of hydrogen-bond donors (Lipinski definition) is 1. The number of rotatable bonds is 1. The molecule has 0 aliphatic heterocycles. The first-order valence-electron chi connectivity index (χ1n) is 4.23. The van der Waals surface area contributed by atoms with Crippen LogP contribution in [0.2, 0.25) is 0 Å². The lowest BCUT2D eigenvalue weighted by molar-refractivity contribution is -0.137. The Morgan fingerprint density at radius 2 is 2.00 bits per heavy atom. The Balaban J connectivity index is 2.44. The van der Waals surface area contributed by atoms with Gasteiger partial charge in [-0.25, -0.2) is 0 Å². The molecule has 2 aromatic rings. The van der Waals surface area contributed by atoms with Crippen molar-refractivity contribution >= 4 is 16.7 Å². The van der Waals surface area contributed by atoms with Crippen LogP contribution in [0.25, 0.3) is 11.4 Å². The highest BCUT2D eigenvalue weighted by Crippen LogP contribution is 2.31. The van der Waals surface area contributed by atoms with Crippen molar-refractivity contribution in [2.24, 2.45) is 0 Å². The smallest absolute Gasteiger partial charge is 0.374 e. The average molecular weight is 245 g/mol. The van der Waals surface area contributed by atoms with Crippen LogP contribution in [0, 0.1) is 0 Å². The zero-order valence-electron chi connectivity index (χ0n) is 7.82. The number of nitrogen functional groups attached to an aromatic ring is 1. The van der Waals surface area contributed by atoms with Crippen molar-refractivity contribution in [1.82, 2.24) is 9.36 Å². The first kappa shape index (κ1) is 10.9. The fourth-order valence-corrected chi connectivity index (χ4v) is 1.64. The predicted molar refractivity (Wildman–Crippen MR) is 54.8 cm³/mol. The van der Waals surface area contributed by atoms with Crippen LogP contribution in [-0.2, 0) is 6.18 Å². The van der Waals surface area contributed by atoms with E-state index in [0.717, 1.165) is 23.7 Å². The summed E-state index contributed by atoms with van der Waals surface area (Å²) in [5, 5.41) is 0.229. The molecule has 84 valence electrons. The summed E-state index contributed by atoms with van der Waals surface area (Å²) in [4.78, 5) is 3.82. The van der Waals surface area contributed by atoms with Gasteiger partial charge in [-0.3, -0.25) is 0 Å². The number of alkyl halides is 3. The zero-order chi connectivity index (χ0) is 11.8. The third-order valence-corrected chi connectivity index (χ3v) is 2.43. The molecule has 0 saturated carbocycles. The number of nitrogens with two attached hydrogens (primary N) is 1. The number of hydrogen-bond acceptors (Lipinski definition) is 4. The minimum atomic E-state index is -4.36. The fraction of sp³-hybridized carbons (Fsp3) is 0.111. The van der Waals surface area contributed by atoms with Crippen molar-refractivity contribution in [3.05, 3.63) is 29.8 Å². The molecular formula is C9H6F3N3S. The number of anilines is 1. The molecule has 0 spiro atoms. The lowest BCUT2D eigenvalue weighted by atomic mass is 10.1. The third-order valence-electron chi connectivity index (χ3n) is 1.89. The maximum Gasteiger partial charge on any atom is 0.416 e. The molecule has 2 N–H and O–H groups in total. The van der Waals surface area contributed by atoms with Crippen LogP contribution in [0.4, 0.5) is 18.3 Å². The van der Waals surface area contributed by atoms with Gasteiger partial charge in [-0.1, -0.05) is 12.1 Å². The largest absolute Gasteiger partial charge is 0.416 e. The molecule has 0 bridgehead atoms. The Kier molecular flexibility index (Phi) is 2.55. The minimum absolute atomic E-state index is 0.216. The van der Waals surface area contributed by atoms with E-state index in [4.69, 9.17) is 5.73 Å². The summed E-state index contributed by atoms with van der Waals surface area (Å²) >= 11 is 0.948. The van der Waals surface area contributed by atoms with Crippen LogP contribution in [0.1, 0.15) is 5.56 Å². The molecular weight excluding hydrogens is 239 g/mol. The van der Waals surface area contributed by atoms with Crippen LogP contribution < -0.4 is 5.73 Å². The van der Waals surface area contributed by atoms with E-state index in [1.54, 1.807) is 0 Å². The van der Waals surface area contributed by atoms with E-state index in [9.17, 15) is 13.2 Å². The summed E-state index contributed by atoms with van der Waals surface area (Å²) < 4.78 is 41.1. The van der Waals surface area contributed by atoms with Crippen LogP contribution in [0.15, 0.2) is 24.3 Å². The number of halogens is 3. The molecule has 2 rings (SSSR count). The fourth-order valence-electron chi connectivity index (χ4n) is 1.19. The molecule has 0 saturated heterocycles. The van der Waals surface area contributed by atoms with Gasteiger partial charge in [0.15, 0.2) is 11.0 Å². The van der Waals surface area contributed by atoms with Crippen molar-refractivity contribution in [2.75, 3.05) is 5.73 Å². The van der Waals surface area contributed by atoms with E-state index >= 15 is 0 Å². The molecule has 0 unspecified atom stereocenters. The Morgan fingerprint density at radius 1 is 1.25 bits per heavy atom. The summed E-state index contributed by atoms with van der Waals surface area (Å²) in [5.41, 5.74) is 4.95. The average Bonchev–Trinajstić information content (AvgIpc) is 2.64. The molecule has 0 radical (unpaired) electrons. The van der Waals surface area contributed by atoms with Gasteiger partial charge in [0.2, 0.25) is 0 Å². The summed E-state index contributed by atoms with van der Waals surface area (Å²) in [6.45, 7) is 0. The second-order valence-electron chi connectivity index (χ2n) is 3.03. The Morgan fingerprint density at radius 3 is 2.56 bits per heavy atom. The maximum atomic E-state index is 12.4. The van der Waals surface area contributed by atoms with E-state index < -0.39 is 11.7 Å². The van der Waals surface area contributed by atoms with Crippen molar-refractivity contribution in [3.8, 4) is 11.4 Å². The van der Waals surface area contributed by atoms with Crippen molar-refractivity contribution < 1.29 is 13.2 Å². The highest BCUT2D eigenvalue weighted by Gasteiger charge is 2.30. The molecule has 0 amide bonds. The zero-order valence-corrected chi connectivity index (χ0v) is 8.64. The van der Waals surface area contributed by atoms with Crippen LogP contribution >= 0.6 is 11.5 Å². The van der Waals surface area contributed by atoms with Gasteiger partial charge in [0.05, 0.1) is 5.56 Å². The summed E-state index contributed by atoms with van der Waals surface area (Å²) in [6.07, 6.45) is -4.36. The topological polar surface area (TPSA) is 51.8 Å². The molecule has 3 nitrogen and oxygen atoms in total. The molecule has 0 atom stereocenters. The van der Waals surface area contributed by atoms with Gasteiger partial charge in [0, 0.05) is 17.1 Å². The van der Waals surface area contributed by atoms with Gasteiger partial charge >= 0.3 is 6.18 Å². The number of benzene rings is 1. The second kappa shape index (κ2) is 3.75. The normalized spacial score (nSPS) is 11.7. The van der Waals surface area contributed by atoms with Crippen molar-refractivity contribution in [3.63, 3.8) is 0 Å². The van der Waals surface area contributed by atoms with Gasteiger partial charge in [-0.15, -0.1) is 0 Å². The first-order chi connectivity index (χ1) is 7.47. The van der Waals surface area contributed by atoms with Crippen LogP contribution in [0.5, 0.6) is 0 Å². The van der Waals surface area contributed by atoms with Crippen LogP contribution in [-0.4, -0.2) is 9.36 Å². The maximum absolute atomic E-state index is 12.4. The van der Waals surface area contributed by atoms with Crippen molar-refractivity contribution in [2.45, 2.75) is 6.18 Å².